The van der Waals surface area contributed by atoms with E-state index < -0.39 is 0 Å². The minimum atomic E-state index is -0.348. The molecular weight excluding hydrogens is 450 g/mol. The van der Waals surface area contributed by atoms with Crippen LogP contribution >= 0.6 is 0 Å². The first-order valence-corrected chi connectivity index (χ1v) is 13.3. The van der Waals surface area contributed by atoms with Gasteiger partial charge in [-0.15, -0.1) is 0 Å². The summed E-state index contributed by atoms with van der Waals surface area (Å²) < 4.78 is 6.99. The Kier molecular flexibility index (Phi) is 8.44. The van der Waals surface area contributed by atoms with Crippen LogP contribution in [-0.4, -0.2) is 34.0 Å². The first-order chi connectivity index (χ1) is 17.4. The number of carbonyl (C=O) groups excluding carboxylic acids is 1. The van der Waals surface area contributed by atoms with Crippen LogP contribution < -0.4 is 10.3 Å². The molecule has 6 nitrogen and oxygen atoms in total. The number of para-hydroxylation sites is 1. The zero-order valence-corrected chi connectivity index (χ0v) is 22.1. The Hall–Kier alpha value is -3.15. The maximum absolute atomic E-state index is 13.8. The van der Waals surface area contributed by atoms with E-state index in [0.717, 1.165) is 18.6 Å². The van der Waals surface area contributed by atoms with Crippen LogP contribution in [0.5, 0.6) is 5.75 Å². The largest absolute Gasteiger partial charge is 0.497 e. The van der Waals surface area contributed by atoms with Gasteiger partial charge in [-0.3, -0.25) is 14.2 Å². The second-order valence-electron chi connectivity index (χ2n) is 10.5. The molecule has 0 N–H and O–H groups in total. The van der Waals surface area contributed by atoms with Crippen molar-refractivity contribution >= 4 is 16.8 Å². The fraction of sp³-hybridized carbons (Fsp3) is 0.500. The molecule has 1 aromatic heterocycles. The highest BCUT2D eigenvalue weighted by atomic mass is 16.5. The first-order valence-electron chi connectivity index (χ1n) is 13.3. The zero-order valence-electron chi connectivity index (χ0n) is 22.1. The van der Waals surface area contributed by atoms with Crippen molar-refractivity contribution in [2.45, 2.75) is 71.8 Å². The summed E-state index contributed by atoms with van der Waals surface area (Å²) in [6.07, 6.45) is 7.42. The summed E-state index contributed by atoms with van der Waals surface area (Å²) in [5.41, 5.74) is 1.23. The fourth-order valence-corrected chi connectivity index (χ4v) is 5.25. The summed E-state index contributed by atoms with van der Waals surface area (Å²) in [5, 5.41) is 0.561. The van der Waals surface area contributed by atoms with Crippen LogP contribution in [-0.2, 0) is 4.79 Å². The van der Waals surface area contributed by atoms with E-state index in [1.54, 1.807) is 11.7 Å². The van der Waals surface area contributed by atoms with Crippen LogP contribution in [0.25, 0.3) is 16.6 Å². The van der Waals surface area contributed by atoms with E-state index in [2.05, 4.69) is 13.8 Å². The van der Waals surface area contributed by atoms with Crippen molar-refractivity contribution in [1.29, 1.82) is 0 Å². The van der Waals surface area contributed by atoms with Crippen molar-refractivity contribution in [3.63, 3.8) is 0 Å². The summed E-state index contributed by atoms with van der Waals surface area (Å²) in [5.74, 6) is 2.58. The highest BCUT2D eigenvalue weighted by molar-refractivity contribution is 5.79. The maximum atomic E-state index is 13.8. The van der Waals surface area contributed by atoms with E-state index in [-0.39, 0.29) is 17.5 Å². The van der Waals surface area contributed by atoms with Gasteiger partial charge in [0.15, 0.2) is 0 Å². The van der Waals surface area contributed by atoms with Crippen LogP contribution in [0.2, 0.25) is 0 Å². The van der Waals surface area contributed by atoms with Gasteiger partial charge in [-0.05, 0) is 68.0 Å². The number of hydrogen-bond acceptors (Lipinski definition) is 4. The summed E-state index contributed by atoms with van der Waals surface area (Å²) in [6.45, 7) is 7.00. The standard InChI is InChI=1S/C30H39N3O3/c1-21(2)19-20-32(28(34)18-13-23-9-5-6-10-23)22(3)29-31-27-12-8-7-11-26(27)30(35)33(29)24-14-16-25(36-4)17-15-24/h7-8,11-12,14-17,21-23H,5-6,9-10,13,18-20H2,1-4H3. The third kappa shape index (κ3) is 5.80. The number of ether oxygens (including phenoxy) is 1. The molecule has 0 spiro atoms. The lowest BCUT2D eigenvalue weighted by Gasteiger charge is -2.31. The average Bonchev–Trinajstić information content (AvgIpc) is 3.41. The molecule has 36 heavy (non-hydrogen) atoms. The number of methoxy groups -OCH3 is 1. The maximum Gasteiger partial charge on any atom is 0.266 e. The molecule has 192 valence electrons. The molecular formula is C30H39N3O3. The molecule has 0 aliphatic heterocycles. The molecule has 2 aromatic carbocycles. The van der Waals surface area contributed by atoms with E-state index in [0.29, 0.717) is 47.2 Å². The minimum Gasteiger partial charge on any atom is -0.497 e. The Bertz CT molecular complexity index is 1230. The topological polar surface area (TPSA) is 64.4 Å². The molecule has 1 atom stereocenters. The van der Waals surface area contributed by atoms with Crippen LogP contribution in [0, 0.1) is 11.8 Å². The van der Waals surface area contributed by atoms with Crippen molar-refractivity contribution in [2.75, 3.05) is 13.7 Å². The monoisotopic (exact) mass is 489 g/mol. The third-order valence-electron chi connectivity index (χ3n) is 7.48. The number of rotatable bonds is 10. The molecule has 3 aromatic rings. The van der Waals surface area contributed by atoms with Gasteiger partial charge in [-0.25, -0.2) is 4.98 Å². The molecule has 1 unspecified atom stereocenters. The molecule has 1 amide bonds. The molecule has 0 radical (unpaired) electrons. The predicted molar refractivity (Wildman–Crippen MR) is 145 cm³/mol. The first kappa shape index (κ1) is 25.9. The lowest BCUT2D eigenvalue weighted by molar-refractivity contribution is -0.134. The Labute approximate surface area is 214 Å². The lowest BCUT2D eigenvalue weighted by Crippen LogP contribution is -2.38. The van der Waals surface area contributed by atoms with Crippen molar-refractivity contribution in [3.8, 4) is 11.4 Å². The van der Waals surface area contributed by atoms with E-state index in [1.165, 1.54) is 25.7 Å². The van der Waals surface area contributed by atoms with E-state index >= 15 is 0 Å². The molecule has 0 saturated heterocycles. The van der Waals surface area contributed by atoms with Gasteiger partial charge < -0.3 is 9.64 Å². The highest BCUT2D eigenvalue weighted by Crippen LogP contribution is 2.30. The molecule has 0 bridgehead atoms. The van der Waals surface area contributed by atoms with Gasteiger partial charge >= 0.3 is 0 Å². The Balaban J connectivity index is 1.75. The van der Waals surface area contributed by atoms with E-state index in [4.69, 9.17) is 9.72 Å². The number of nitrogens with zero attached hydrogens (tertiary/aromatic N) is 3. The van der Waals surface area contributed by atoms with E-state index in [1.807, 2.05) is 60.4 Å². The van der Waals surface area contributed by atoms with Gasteiger partial charge in [0.05, 0.1) is 29.7 Å². The molecule has 1 aliphatic rings. The summed E-state index contributed by atoms with van der Waals surface area (Å²) in [6, 6.07) is 14.5. The van der Waals surface area contributed by atoms with Crippen LogP contribution in [0.3, 0.4) is 0 Å². The SMILES string of the molecule is COc1ccc(-n2c(C(C)N(CCC(C)C)C(=O)CCC3CCCC3)nc3ccccc3c2=O)cc1. The van der Waals surface area contributed by atoms with Crippen molar-refractivity contribution in [2.24, 2.45) is 11.8 Å². The fourth-order valence-electron chi connectivity index (χ4n) is 5.25. The molecule has 6 heteroatoms. The number of benzene rings is 2. The Morgan fingerprint density at radius 2 is 1.78 bits per heavy atom. The Morgan fingerprint density at radius 1 is 1.08 bits per heavy atom. The van der Waals surface area contributed by atoms with Gasteiger partial charge in [0.2, 0.25) is 5.91 Å². The predicted octanol–water partition coefficient (Wildman–Crippen LogP) is 6.30. The normalized spacial score (nSPS) is 14.9. The smallest absolute Gasteiger partial charge is 0.266 e. The van der Waals surface area contributed by atoms with Crippen LogP contribution in [0.4, 0.5) is 0 Å². The van der Waals surface area contributed by atoms with Gasteiger partial charge in [0, 0.05) is 13.0 Å². The zero-order chi connectivity index (χ0) is 25.7. The van der Waals surface area contributed by atoms with Gasteiger partial charge in [-0.1, -0.05) is 51.7 Å². The van der Waals surface area contributed by atoms with E-state index in [9.17, 15) is 9.59 Å². The molecule has 1 heterocycles. The Morgan fingerprint density at radius 3 is 2.44 bits per heavy atom. The molecule has 4 rings (SSSR count). The van der Waals surface area contributed by atoms with Gasteiger partial charge in [-0.2, -0.15) is 0 Å². The average molecular weight is 490 g/mol. The number of carbonyl (C=O) groups is 1. The quantitative estimate of drug-likeness (QED) is 0.335. The van der Waals surface area contributed by atoms with Gasteiger partial charge in [0.25, 0.3) is 5.56 Å². The summed E-state index contributed by atoms with van der Waals surface area (Å²) >= 11 is 0. The number of amides is 1. The number of fused-ring (bicyclic) bond motifs is 1. The summed E-state index contributed by atoms with van der Waals surface area (Å²) in [4.78, 5) is 34.3. The molecule has 1 saturated carbocycles. The molecule has 1 fully saturated rings. The number of aromatic nitrogens is 2. The second-order valence-corrected chi connectivity index (χ2v) is 10.5. The van der Waals surface area contributed by atoms with Gasteiger partial charge in [0.1, 0.15) is 11.6 Å². The van der Waals surface area contributed by atoms with Crippen LogP contribution in [0.1, 0.15) is 77.6 Å². The van der Waals surface area contributed by atoms with Crippen molar-refractivity contribution in [3.05, 3.63) is 64.7 Å². The molecule has 1 aliphatic carbocycles. The number of hydrogen-bond donors (Lipinski definition) is 0. The second kappa shape index (κ2) is 11.7. The van der Waals surface area contributed by atoms with Crippen LogP contribution in [0.15, 0.2) is 53.3 Å². The van der Waals surface area contributed by atoms with Crippen molar-refractivity contribution in [1.82, 2.24) is 14.5 Å². The van der Waals surface area contributed by atoms with Crippen molar-refractivity contribution < 1.29 is 9.53 Å². The minimum absolute atomic E-state index is 0.130. The summed E-state index contributed by atoms with van der Waals surface area (Å²) in [7, 11) is 1.62. The lowest BCUT2D eigenvalue weighted by atomic mass is 10.0. The highest BCUT2D eigenvalue weighted by Gasteiger charge is 2.28. The third-order valence-corrected chi connectivity index (χ3v) is 7.48.